The minimum atomic E-state index is -0.539. The van der Waals surface area contributed by atoms with Crippen LogP contribution in [0, 0.1) is 0 Å². The first-order chi connectivity index (χ1) is 26.4. The van der Waals surface area contributed by atoms with Gasteiger partial charge in [0.25, 0.3) is 0 Å². The zero-order chi connectivity index (χ0) is 39.1. The van der Waals surface area contributed by atoms with E-state index in [1.165, 1.54) is 10.6 Å². The quantitative estimate of drug-likeness (QED) is 0.152. The van der Waals surface area contributed by atoms with Gasteiger partial charge in [-0.15, -0.1) is 0 Å². The monoisotopic (exact) mass is 749 g/mol. The second-order valence-corrected chi connectivity index (χ2v) is 15.0. The summed E-state index contributed by atoms with van der Waals surface area (Å²) >= 11 is 0. The first kappa shape index (κ1) is 39.4. The van der Waals surface area contributed by atoms with E-state index in [0.717, 1.165) is 83.3 Å². The van der Waals surface area contributed by atoms with Gasteiger partial charge in [0.05, 0.1) is 41.6 Å². The number of nitrogens with two attached hydrogens (primary N) is 1. The number of anilines is 1. The standard InChI is InChI=1S/C42H55N9O4/c1-29(47(2)3)42(54)51(28-39(43)52)18-7-6-17-49(5)40(53)12-9-23-55-34-11-8-10-30(25-34)37-26-32-24-31(13-15-35(32)44-37)41-45-36-16-14-33(27-38(36)46-41)50-21-19-48(4)20-22-50/h8,10-11,13-16,24-25,27,29H,6-7,9,12,17-23,26,28H2,1-5H3,(H2,43,52)(H,45,46)/t29-/m0/s1. The van der Waals surface area contributed by atoms with Gasteiger partial charge < -0.3 is 35.1 Å². The van der Waals surface area contributed by atoms with E-state index in [4.69, 9.17) is 20.4 Å². The molecule has 0 saturated carbocycles. The summed E-state index contributed by atoms with van der Waals surface area (Å²) in [6.07, 6.45) is 3.04. The maximum absolute atomic E-state index is 12.8. The van der Waals surface area contributed by atoms with E-state index < -0.39 is 5.91 Å². The van der Waals surface area contributed by atoms with Crippen molar-refractivity contribution in [2.45, 2.75) is 45.1 Å². The van der Waals surface area contributed by atoms with Crippen LogP contribution in [-0.2, 0) is 20.8 Å². The lowest BCUT2D eigenvalue weighted by Gasteiger charge is -2.34. The van der Waals surface area contributed by atoms with Crippen LogP contribution in [0.1, 0.15) is 43.7 Å². The van der Waals surface area contributed by atoms with Crippen molar-refractivity contribution in [3.05, 3.63) is 71.8 Å². The van der Waals surface area contributed by atoms with Crippen molar-refractivity contribution in [3.63, 3.8) is 0 Å². The number of primary amides is 1. The van der Waals surface area contributed by atoms with Gasteiger partial charge in [-0.05, 0) is 107 Å². The molecule has 2 aliphatic heterocycles. The van der Waals surface area contributed by atoms with Crippen molar-refractivity contribution in [1.29, 1.82) is 0 Å². The van der Waals surface area contributed by atoms with Gasteiger partial charge in [0.15, 0.2) is 0 Å². The molecule has 1 saturated heterocycles. The summed E-state index contributed by atoms with van der Waals surface area (Å²) in [6.45, 7) is 7.27. The molecule has 0 unspecified atom stereocenters. The van der Waals surface area contributed by atoms with E-state index >= 15 is 0 Å². The number of nitrogens with one attached hydrogen (secondary N) is 1. The Bertz CT molecular complexity index is 2020. The van der Waals surface area contributed by atoms with Crippen LogP contribution in [0.2, 0.25) is 0 Å². The summed E-state index contributed by atoms with van der Waals surface area (Å²) in [4.78, 5) is 60.3. The van der Waals surface area contributed by atoms with Crippen molar-refractivity contribution in [3.8, 4) is 17.1 Å². The van der Waals surface area contributed by atoms with Crippen molar-refractivity contribution < 1.29 is 19.1 Å². The zero-order valence-electron chi connectivity index (χ0n) is 32.9. The Labute approximate surface area is 324 Å². The molecule has 0 aliphatic carbocycles. The topological polar surface area (TPSA) is 144 Å². The molecule has 1 fully saturated rings. The number of ether oxygens (including phenoxy) is 1. The maximum Gasteiger partial charge on any atom is 0.240 e. The third-order valence-electron chi connectivity index (χ3n) is 10.7. The highest BCUT2D eigenvalue weighted by atomic mass is 16.5. The minimum Gasteiger partial charge on any atom is -0.494 e. The molecule has 4 aromatic rings. The fraction of sp³-hybridized carbons (Fsp3) is 0.452. The normalized spacial score (nSPS) is 14.9. The van der Waals surface area contributed by atoms with E-state index in [0.29, 0.717) is 45.4 Å². The number of nitrogens with zero attached hydrogens (tertiary/aromatic N) is 7. The number of aliphatic imine (C=N–C) groups is 1. The molecule has 3 amide bonds. The van der Waals surface area contributed by atoms with Crippen LogP contribution in [0.5, 0.6) is 5.75 Å². The highest BCUT2D eigenvalue weighted by molar-refractivity contribution is 6.07. The Morgan fingerprint density at radius 1 is 0.927 bits per heavy atom. The third-order valence-corrected chi connectivity index (χ3v) is 10.7. The second kappa shape index (κ2) is 17.9. The average molecular weight is 750 g/mol. The Hall–Kier alpha value is -5.27. The van der Waals surface area contributed by atoms with E-state index in [-0.39, 0.29) is 24.4 Å². The molecular weight excluding hydrogens is 695 g/mol. The number of amides is 3. The van der Waals surface area contributed by atoms with Crippen LogP contribution in [0.15, 0.2) is 65.7 Å². The first-order valence-electron chi connectivity index (χ1n) is 19.3. The highest BCUT2D eigenvalue weighted by Gasteiger charge is 2.24. The smallest absolute Gasteiger partial charge is 0.240 e. The van der Waals surface area contributed by atoms with E-state index in [1.807, 2.05) is 32.3 Å². The number of hydrogen-bond donors (Lipinski definition) is 2. The molecule has 2 aliphatic rings. The Morgan fingerprint density at radius 3 is 2.47 bits per heavy atom. The van der Waals surface area contributed by atoms with Crippen LogP contribution < -0.4 is 15.4 Å². The Balaban J connectivity index is 0.950. The molecule has 55 heavy (non-hydrogen) atoms. The van der Waals surface area contributed by atoms with Gasteiger partial charge in [0.1, 0.15) is 11.6 Å². The molecule has 3 heterocycles. The number of hydrogen-bond acceptors (Lipinski definition) is 9. The molecule has 13 nitrogen and oxygen atoms in total. The van der Waals surface area contributed by atoms with Crippen LogP contribution in [-0.4, -0.2) is 140 Å². The second-order valence-electron chi connectivity index (χ2n) is 15.0. The average Bonchev–Trinajstić information content (AvgIpc) is 3.81. The molecule has 0 bridgehead atoms. The fourth-order valence-corrected chi connectivity index (χ4v) is 7.00. The number of aromatic nitrogens is 2. The van der Waals surface area contributed by atoms with E-state index in [2.05, 4.69) is 64.3 Å². The lowest BCUT2D eigenvalue weighted by molar-refractivity contribution is -0.138. The molecule has 0 radical (unpaired) electrons. The molecule has 292 valence electrons. The van der Waals surface area contributed by atoms with Gasteiger partial charge in [0.2, 0.25) is 17.7 Å². The van der Waals surface area contributed by atoms with Crippen LogP contribution in [0.3, 0.4) is 0 Å². The summed E-state index contributed by atoms with van der Waals surface area (Å²) in [5, 5.41) is 0. The molecule has 13 heteroatoms. The molecule has 3 aromatic carbocycles. The van der Waals surface area contributed by atoms with Gasteiger partial charge in [0, 0.05) is 70.4 Å². The number of rotatable bonds is 17. The number of H-pyrrole nitrogens is 1. The SMILES string of the molecule is C[C@@H](C(=O)N(CCCCN(C)C(=O)CCCOc1cccc(C2=Nc3ccc(-c4nc5ccc(N6CCN(C)CC6)cc5[nH]4)cc3C2)c1)CC(N)=O)N(C)C. The third kappa shape index (κ3) is 10.1. The molecule has 0 spiro atoms. The van der Waals surface area contributed by atoms with Crippen molar-refractivity contribution in [2.75, 3.05) is 85.5 Å². The Kier molecular flexibility index (Phi) is 12.8. The Morgan fingerprint density at radius 2 is 1.71 bits per heavy atom. The molecular formula is C42H55N9O4. The summed E-state index contributed by atoms with van der Waals surface area (Å²) in [6, 6.07) is 20.5. The predicted octanol–water partition coefficient (Wildman–Crippen LogP) is 4.32. The summed E-state index contributed by atoms with van der Waals surface area (Å²) in [5.74, 6) is 0.967. The lowest BCUT2D eigenvalue weighted by Crippen LogP contribution is -2.47. The fourth-order valence-electron chi connectivity index (χ4n) is 7.00. The number of carbonyl (C=O) groups excluding carboxylic acids is 3. The van der Waals surface area contributed by atoms with Gasteiger partial charge in [-0.25, -0.2) is 4.98 Å². The van der Waals surface area contributed by atoms with Crippen molar-refractivity contribution in [2.24, 2.45) is 10.7 Å². The van der Waals surface area contributed by atoms with Crippen LogP contribution in [0.4, 0.5) is 11.4 Å². The molecule has 1 aromatic heterocycles. The summed E-state index contributed by atoms with van der Waals surface area (Å²) in [5.41, 5.74) is 13.8. The number of piperazine rings is 1. The van der Waals surface area contributed by atoms with E-state index in [9.17, 15) is 14.4 Å². The van der Waals surface area contributed by atoms with Gasteiger partial charge >= 0.3 is 0 Å². The number of carbonyl (C=O) groups is 3. The molecule has 6 rings (SSSR count). The number of aromatic amines is 1. The van der Waals surface area contributed by atoms with Gasteiger partial charge in [-0.1, -0.05) is 12.1 Å². The molecule has 3 N–H and O–H groups in total. The van der Waals surface area contributed by atoms with Gasteiger partial charge in [-0.2, -0.15) is 0 Å². The van der Waals surface area contributed by atoms with E-state index in [1.54, 1.807) is 23.8 Å². The highest BCUT2D eigenvalue weighted by Crippen LogP contribution is 2.34. The number of imidazole rings is 1. The maximum atomic E-state index is 12.8. The molecule has 1 atom stereocenters. The van der Waals surface area contributed by atoms with Crippen molar-refractivity contribution in [1.82, 2.24) is 29.6 Å². The van der Waals surface area contributed by atoms with Gasteiger partial charge in [-0.3, -0.25) is 24.3 Å². The first-order valence-corrected chi connectivity index (χ1v) is 19.3. The lowest BCUT2D eigenvalue weighted by atomic mass is 10.0. The van der Waals surface area contributed by atoms with Crippen molar-refractivity contribution >= 4 is 45.8 Å². The predicted molar refractivity (Wildman–Crippen MR) is 218 cm³/mol. The zero-order valence-corrected chi connectivity index (χ0v) is 32.9. The number of fused-ring (bicyclic) bond motifs is 2. The largest absolute Gasteiger partial charge is 0.494 e. The van der Waals surface area contributed by atoms with Crippen LogP contribution in [0.25, 0.3) is 22.4 Å². The van der Waals surface area contributed by atoms with Crippen LogP contribution >= 0.6 is 0 Å². The summed E-state index contributed by atoms with van der Waals surface area (Å²) in [7, 11) is 7.60. The number of unbranched alkanes of at least 4 members (excludes halogenated alkanes) is 1. The number of benzene rings is 3. The summed E-state index contributed by atoms with van der Waals surface area (Å²) < 4.78 is 6.06. The number of likely N-dealkylation sites (N-methyl/N-ethyl adjacent to an activating group) is 2. The minimum absolute atomic E-state index is 0.0409.